The van der Waals surface area contributed by atoms with E-state index in [0.29, 0.717) is 0 Å². The quantitative estimate of drug-likeness (QED) is 0.832. The van der Waals surface area contributed by atoms with E-state index >= 15 is 0 Å². The third-order valence-electron chi connectivity index (χ3n) is 2.69. The van der Waals surface area contributed by atoms with Crippen molar-refractivity contribution < 1.29 is 5.11 Å². The SMILES string of the molecule is CC#CCCC(O)c1cc2c(s1)CCSC2. The first-order chi connectivity index (χ1) is 7.81. The maximum atomic E-state index is 10.0. The van der Waals surface area contributed by atoms with Crippen LogP contribution < -0.4 is 0 Å². The molecule has 1 unspecified atom stereocenters. The number of thiophene rings is 1. The van der Waals surface area contributed by atoms with Gasteiger partial charge in [-0.2, -0.15) is 11.8 Å². The third-order valence-corrected chi connectivity index (χ3v) is 5.04. The van der Waals surface area contributed by atoms with Crippen LogP contribution in [0, 0.1) is 11.8 Å². The van der Waals surface area contributed by atoms with Crippen LogP contribution in [-0.2, 0) is 12.2 Å². The fourth-order valence-electron chi connectivity index (χ4n) is 1.81. The van der Waals surface area contributed by atoms with E-state index in [4.69, 9.17) is 0 Å². The number of rotatable bonds is 3. The topological polar surface area (TPSA) is 20.2 Å². The lowest BCUT2D eigenvalue weighted by Gasteiger charge is -2.08. The van der Waals surface area contributed by atoms with Crippen LogP contribution in [0.5, 0.6) is 0 Å². The van der Waals surface area contributed by atoms with Crippen molar-refractivity contribution in [3.05, 3.63) is 21.4 Å². The fraction of sp³-hybridized carbons (Fsp3) is 0.538. The molecule has 2 rings (SSSR count). The number of aliphatic hydroxyl groups excluding tert-OH is 1. The molecule has 16 heavy (non-hydrogen) atoms. The van der Waals surface area contributed by atoms with Crippen LogP contribution in [0.15, 0.2) is 6.07 Å². The Labute approximate surface area is 105 Å². The average molecular weight is 252 g/mol. The molecule has 0 aliphatic carbocycles. The molecule has 3 heteroatoms. The van der Waals surface area contributed by atoms with Gasteiger partial charge in [0.05, 0.1) is 6.10 Å². The van der Waals surface area contributed by atoms with E-state index in [1.54, 1.807) is 11.3 Å². The first kappa shape index (κ1) is 12.0. The van der Waals surface area contributed by atoms with E-state index in [-0.39, 0.29) is 6.10 Å². The van der Waals surface area contributed by atoms with Crippen molar-refractivity contribution in [1.29, 1.82) is 0 Å². The van der Waals surface area contributed by atoms with Crippen LogP contribution in [0.25, 0.3) is 0 Å². The summed E-state index contributed by atoms with van der Waals surface area (Å²) in [7, 11) is 0. The van der Waals surface area contributed by atoms with E-state index in [1.807, 2.05) is 18.7 Å². The summed E-state index contributed by atoms with van der Waals surface area (Å²) < 4.78 is 0. The lowest BCUT2D eigenvalue weighted by Crippen LogP contribution is -1.96. The summed E-state index contributed by atoms with van der Waals surface area (Å²) in [4.78, 5) is 2.61. The molecule has 0 saturated carbocycles. The Morgan fingerprint density at radius 1 is 1.56 bits per heavy atom. The molecule has 0 radical (unpaired) electrons. The first-order valence-corrected chi connectivity index (χ1v) is 7.55. The van der Waals surface area contributed by atoms with Crippen LogP contribution in [0.1, 0.15) is 41.2 Å². The predicted molar refractivity (Wildman–Crippen MR) is 71.8 cm³/mol. The monoisotopic (exact) mass is 252 g/mol. The van der Waals surface area contributed by atoms with Gasteiger partial charge in [0.1, 0.15) is 0 Å². The van der Waals surface area contributed by atoms with Gasteiger partial charge in [0.2, 0.25) is 0 Å². The molecule has 1 aliphatic rings. The smallest absolute Gasteiger partial charge is 0.0891 e. The second-order valence-electron chi connectivity index (χ2n) is 3.88. The normalized spacial score (nSPS) is 16.1. The van der Waals surface area contributed by atoms with Crippen LogP contribution >= 0.6 is 23.1 Å². The summed E-state index contributed by atoms with van der Waals surface area (Å²) in [5.41, 5.74) is 1.44. The molecule has 0 spiro atoms. The Balaban J connectivity index is 2.02. The van der Waals surface area contributed by atoms with Crippen molar-refractivity contribution in [2.24, 2.45) is 0 Å². The molecule has 1 aromatic rings. The molecule has 1 aromatic heterocycles. The van der Waals surface area contributed by atoms with Gasteiger partial charge in [-0.25, -0.2) is 0 Å². The highest BCUT2D eigenvalue weighted by Crippen LogP contribution is 2.35. The molecule has 0 aromatic carbocycles. The minimum atomic E-state index is -0.318. The van der Waals surface area contributed by atoms with E-state index in [2.05, 4.69) is 17.9 Å². The molecule has 0 saturated heterocycles. The fourth-order valence-corrected chi connectivity index (χ4v) is 4.21. The van der Waals surface area contributed by atoms with Crippen molar-refractivity contribution in [1.82, 2.24) is 0 Å². The zero-order chi connectivity index (χ0) is 11.4. The van der Waals surface area contributed by atoms with Gasteiger partial charge in [-0.05, 0) is 37.1 Å². The van der Waals surface area contributed by atoms with Crippen molar-refractivity contribution in [3.63, 3.8) is 0 Å². The van der Waals surface area contributed by atoms with Gasteiger partial charge < -0.3 is 5.11 Å². The molecule has 1 nitrogen and oxygen atoms in total. The highest BCUT2D eigenvalue weighted by atomic mass is 32.2. The average Bonchev–Trinajstić information content (AvgIpc) is 2.73. The van der Waals surface area contributed by atoms with Crippen molar-refractivity contribution in [3.8, 4) is 11.8 Å². The van der Waals surface area contributed by atoms with Crippen molar-refractivity contribution >= 4 is 23.1 Å². The lowest BCUT2D eigenvalue weighted by atomic mass is 10.1. The highest BCUT2D eigenvalue weighted by molar-refractivity contribution is 7.98. The second-order valence-corrected chi connectivity index (χ2v) is 6.15. The minimum absolute atomic E-state index is 0.318. The molecule has 1 atom stereocenters. The minimum Gasteiger partial charge on any atom is -0.388 e. The molecular weight excluding hydrogens is 236 g/mol. The number of thioether (sulfide) groups is 1. The summed E-state index contributed by atoms with van der Waals surface area (Å²) in [5.74, 6) is 8.21. The first-order valence-electron chi connectivity index (χ1n) is 5.58. The zero-order valence-corrected chi connectivity index (χ0v) is 11.1. The van der Waals surface area contributed by atoms with Crippen LogP contribution in [0.3, 0.4) is 0 Å². The number of hydrogen-bond acceptors (Lipinski definition) is 3. The van der Waals surface area contributed by atoms with E-state index in [9.17, 15) is 5.11 Å². The Hall–Kier alpha value is -0.430. The molecule has 0 amide bonds. The summed E-state index contributed by atoms with van der Waals surface area (Å²) in [6.45, 7) is 1.84. The molecular formula is C13H16OS2. The van der Waals surface area contributed by atoms with Gasteiger partial charge in [0, 0.05) is 21.9 Å². The molecule has 0 fully saturated rings. The van der Waals surface area contributed by atoms with Gasteiger partial charge in [-0.15, -0.1) is 23.2 Å². The summed E-state index contributed by atoms with van der Waals surface area (Å²) >= 11 is 3.78. The standard InChI is InChI=1S/C13H16OS2/c1-2-3-4-5-11(14)13-8-10-9-15-7-6-12(10)16-13/h8,11,14H,4-7,9H2,1H3. The second kappa shape index (κ2) is 5.77. The third kappa shape index (κ3) is 2.82. The number of aryl methyl sites for hydroxylation is 1. The molecule has 0 bridgehead atoms. The highest BCUT2D eigenvalue weighted by Gasteiger charge is 2.17. The van der Waals surface area contributed by atoms with Gasteiger partial charge in [-0.1, -0.05) is 0 Å². The number of hydrogen-bond donors (Lipinski definition) is 1. The summed E-state index contributed by atoms with van der Waals surface area (Å²) in [5, 5.41) is 10.0. The van der Waals surface area contributed by atoms with E-state index in [1.165, 1.54) is 22.6 Å². The van der Waals surface area contributed by atoms with Crippen molar-refractivity contribution in [2.45, 2.75) is 38.0 Å². The Kier molecular flexibility index (Phi) is 4.34. The Bertz CT molecular complexity index is 388. The predicted octanol–water partition coefficient (Wildman–Crippen LogP) is 3.37. The Morgan fingerprint density at radius 2 is 2.44 bits per heavy atom. The van der Waals surface area contributed by atoms with Crippen molar-refractivity contribution in [2.75, 3.05) is 5.75 Å². The molecule has 86 valence electrons. The van der Waals surface area contributed by atoms with Crippen LogP contribution in [0.2, 0.25) is 0 Å². The number of aliphatic hydroxyl groups is 1. The van der Waals surface area contributed by atoms with Gasteiger partial charge in [0.25, 0.3) is 0 Å². The lowest BCUT2D eigenvalue weighted by molar-refractivity contribution is 0.173. The Morgan fingerprint density at radius 3 is 3.19 bits per heavy atom. The maximum absolute atomic E-state index is 10.0. The van der Waals surface area contributed by atoms with E-state index < -0.39 is 0 Å². The van der Waals surface area contributed by atoms with Crippen LogP contribution in [-0.4, -0.2) is 10.9 Å². The molecule has 1 aliphatic heterocycles. The molecule has 1 N–H and O–H groups in total. The summed E-state index contributed by atoms with van der Waals surface area (Å²) in [6.07, 6.45) is 2.40. The number of fused-ring (bicyclic) bond motifs is 1. The van der Waals surface area contributed by atoms with Gasteiger partial charge >= 0.3 is 0 Å². The zero-order valence-electron chi connectivity index (χ0n) is 9.45. The van der Waals surface area contributed by atoms with Gasteiger partial charge in [-0.3, -0.25) is 0 Å². The van der Waals surface area contributed by atoms with Gasteiger partial charge in [0.15, 0.2) is 0 Å². The van der Waals surface area contributed by atoms with Crippen LogP contribution in [0.4, 0.5) is 0 Å². The summed E-state index contributed by atoms with van der Waals surface area (Å²) in [6, 6.07) is 2.19. The van der Waals surface area contributed by atoms with E-state index in [0.717, 1.165) is 23.5 Å². The maximum Gasteiger partial charge on any atom is 0.0891 e. The largest absolute Gasteiger partial charge is 0.388 e. The molecule has 2 heterocycles.